The third-order valence-electron chi connectivity index (χ3n) is 3.14. The predicted octanol–water partition coefficient (Wildman–Crippen LogP) is 1.31. The van der Waals surface area contributed by atoms with Gasteiger partial charge in [-0.2, -0.15) is 0 Å². The number of urea groups is 1. The van der Waals surface area contributed by atoms with Gasteiger partial charge in [0.1, 0.15) is 0 Å². The molecule has 18 heavy (non-hydrogen) atoms. The van der Waals surface area contributed by atoms with Crippen LogP contribution in [0.1, 0.15) is 39.0 Å². The molecule has 3 amide bonds. The molecule has 1 atom stereocenters. The van der Waals surface area contributed by atoms with Crippen LogP contribution in [0.2, 0.25) is 0 Å². The fourth-order valence-corrected chi connectivity index (χ4v) is 1.96. The maximum Gasteiger partial charge on any atom is 0.321 e. The average molecular weight is 253 g/mol. The van der Waals surface area contributed by atoms with Crippen LogP contribution in [0.3, 0.4) is 0 Å². The molecule has 0 fully saturated rings. The number of carbonyl (C=O) groups is 2. The Hall–Kier alpha value is -1.36. The van der Waals surface area contributed by atoms with Crippen LogP contribution in [-0.4, -0.2) is 31.6 Å². The summed E-state index contributed by atoms with van der Waals surface area (Å²) >= 11 is 0. The molecule has 0 aromatic heterocycles. The topological polar surface area (TPSA) is 70.2 Å². The fraction of sp³-hybridized carbons (Fsp3) is 0.692. The van der Waals surface area contributed by atoms with Gasteiger partial charge in [-0.3, -0.25) is 10.1 Å². The molecule has 0 radical (unpaired) electrons. The summed E-state index contributed by atoms with van der Waals surface area (Å²) in [5.41, 5.74) is 1.48. The van der Waals surface area contributed by atoms with Crippen molar-refractivity contribution in [1.82, 2.24) is 16.0 Å². The minimum atomic E-state index is -0.469. The number of nitrogens with one attached hydrogen (secondary N) is 3. The lowest BCUT2D eigenvalue weighted by atomic mass is 9.97. The first-order valence-electron chi connectivity index (χ1n) is 6.57. The van der Waals surface area contributed by atoms with Crippen molar-refractivity contribution in [2.75, 3.05) is 13.6 Å². The molecule has 5 heteroatoms. The van der Waals surface area contributed by atoms with Gasteiger partial charge in [-0.1, -0.05) is 11.6 Å². The first-order chi connectivity index (χ1) is 8.63. The average Bonchev–Trinajstić information content (AvgIpc) is 2.39. The predicted molar refractivity (Wildman–Crippen MR) is 71.2 cm³/mol. The van der Waals surface area contributed by atoms with Gasteiger partial charge in [-0.25, -0.2) is 4.79 Å². The highest BCUT2D eigenvalue weighted by Crippen LogP contribution is 2.19. The summed E-state index contributed by atoms with van der Waals surface area (Å²) in [6.45, 7) is 2.53. The Morgan fingerprint density at radius 3 is 2.78 bits per heavy atom. The number of hydrogen-bond donors (Lipinski definition) is 3. The summed E-state index contributed by atoms with van der Waals surface area (Å²) in [6.07, 6.45) is 8.22. The third-order valence-corrected chi connectivity index (χ3v) is 3.14. The summed E-state index contributed by atoms with van der Waals surface area (Å²) < 4.78 is 0. The van der Waals surface area contributed by atoms with Crippen molar-refractivity contribution < 1.29 is 9.59 Å². The van der Waals surface area contributed by atoms with Crippen molar-refractivity contribution >= 4 is 11.9 Å². The summed E-state index contributed by atoms with van der Waals surface area (Å²) in [5, 5.41) is 7.73. The molecule has 102 valence electrons. The second-order valence-corrected chi connectivity index (χ2v) is 4.60. The number of rotatable bonds is 5. The highest BCUT2D eigenvalue weighted by Gasteiger charge is 2.14. The Morgan fingerprint density at radius 2 is 2.17 bits per heavy atom. The maximum atomic E-state index is 11.5. The molecular weight excluding hydrogens is 230 g/mol. The number of imide groups is 1. The van der Waals surface area contributed by atoms with Crippen LogP contribution >= 0.6 is 0 Å². The van der Waals surface area contributed by atoms with E-state index in [1.54, 1.807) is 6.92 Å². The molecule has 0 bridgehead atoms. The summed E-state index contributed by atoms with van der Waals surface area (Å²) in [7, 11) is 1.48. The zero-order chi connectivity index (χ0) is 13.4. The monoisotopic (exact) mass is 253 g/mol. The fourth-order valence-electron chi connectivity index (χ4n) is 1.96. The number of carbonyl (C=O) groups excluding carboxylic acids is 2. The lowest BCUT2D eigenvalue weighted by molar-refractivity contribution is -0.121. The van der Waals surface area contributed by atoms with Crippen LogP contribution in [0.5, 0.6) is 0 Å². The van der Waals surface area contributed by atoms with Gasteiger partial charge >= 0.3 is 6.03 Å². The van der Waals surface area contributed by atoms with Crippen LogP contribution in [0, 0.1) is 0 Å². The third kappa shape index (κ3) is 5.31. The van der Waals surface area contributed by atoms with E-state index in [-0.39, 0.29) is 11.9 Å². The molecule has 0 saturated carbocycles. The molecule has 1 aliphatic rings. The molecule has 3 N–H and O–H groups in total. The van der Waals surface area contributed by atoms with Crippen LogP contribution in [-0.2, 0) is 4.79 Å². The van der Waals surface area contributed by atoms with Crippen molar-refractivity contribution in [3.05, 3.63) is 11.6 Å². The number of hydrogen-bond acceptors (Lipinski definition) is 3. The van der Waals surface area contributed by atoms with E-state index in [1.165, 1.54) is 38.3 Å². The highest BCUT2D eigenvalue weighted by molar-refractivity contribution is 5.96. The Morgan fingerprint density at radius 1 is 1.39 bits per heavy atom. The second kappa shape index (κ2) is 7.87. The largest absolute Gasteiger partial charge is 0.341 e. The van der Waals surface area contributed by atoms with Gasteiger partial charge in [0.05, 0.1) is 6.04 Å². The Bertz CT molecular complexity index is 326. The van der Waals surface area contributed by atoms with Crippen molar-refractivity contribution in [3.63, 3.8) is 0 Å². The van der Waals surface area contributed by atoms with E-state index in [0.717, 1.165) is 13.0 Å². The van der Waals surface area contributed by atoms with E-state index in [4.69, 9.17) is 0 Å². The quantitative estimate of drug-likeness (QED) is 0.647. The van der Waals surface area contributed by atoms with E-state index in [9.17, 15) is 9.59 Å². The Kier molecular flexibility index (Phi) is 6.43. The SMILES string of the molecule is CNC(=O)NC(=O)C(C)NCCC1=CCCCC1. The lowest BCUT2D eigenvalue weighted by Gasteiger charge is -2.16. The van der Waals surface area contributed by atoms with E-state index >= 15 is 0 Å². The molecule has 1 rings (SSSR count). The number of amides is 3. The summed E-state index contributed by atoms with van der Waals surface area (Å²) in [6, 6.07) is -0.824. The second-order valence-electron chi connectivity index (χ2n) is 4.60. The molecule has 0 aromatic carbocycles. The zero-order valence-electron chi connectivity index (χ0n) is 11.2. The van der Waals surface area contributed by atoms with Gasteiger partial charge in [0, 0.05) is 7.05 Å². The van der Waals surface area contributed by atoms with Crippen LogP contribution in [0.25, 0.3) is 0 Å². The Labute approximate surface area is 108 Å². The first kappa shape index (κ1) is 14.7. The normalized spacial score (nSPS) is 16.7. The van der Waals surface area contributed by atoms with Crippen LogP contribution in [0.15, 0.2) is 11.6 Å². The van der Waals surface area contributed by atoms with Crippen LogP contribution in [0.4, 0.5) is 4.79 Å². The van der Waals surface area contributed by atoms with Crippen molar-refractivity contribution in [3.8, 4) is 0 Å². The van der Waals surface area contributed by atoms with Gasteiger partial charge in [-0.05, 0) is 45.6 Å². The lowest BCUT2D eigenvalue weighted by Crippen LogP contribution is -2.47. The van der Waals surface area contributed by atoms with Crippen molar-refractivity contribution in [1.29, 1.82) is 0 Å². The molecule has 1 unspecified atom stereocenters. The molecule has 0 aromatic rings. The van der Waals surface area contributed by atoms with E-state index in [1.807, 2.05) is 0 Å². The van der Waals surface area contributed by atoms with E-state index in [2.05, 4.69) is 22.0 Å². The minimum absolute atomic E-state index is 0.299. The van der Waals surface area contributed by atoms with Crippen molar-refractivity contribution in [2.24, 2.45) is 0 Å². The molecule has 5 nitrogen and oxygen atoms in total. The number of allylic oxidation sites excluding steroid dienone is 1. The Balaban J connectivity index is 2.19. The molecule has 0 aliphatic heterocycles. The molecule has 0 saturated heterocycles. The zero-order valence-corrected chi connectivity index (χ0v) is 11.2. The molecule has 1 aliphatic carbocycles. The standard InChI is InChI=1S/C13H23N3O2/c1-10(12(17)16-13(18)14-2)15-9-8-11-6-4-3-5-7-11/h6,10,15H,3-5,7-9H2,1-2H3,(H2,14,16,17,18). The van der Waals surface area contributed by atoms with Gasteiger partial charge in [0.2, 0.25) is 5.91 Å². The maximum absolute atomic E-state index is 11.5. The van der Waals surface area contributed by atoms with Gasteiger partial charge in [-0.15, -0.1) is 0 Å². The first-order valence-corrected chi connectivity index (χ1v) is 6.57. The summed E-state index contributed by atoms with van der Waals surface area (Å²) in [5.74, 6) is -0.299. The smallest absolute Gasteiger partial charge is 0.321 e. The van der Waals surface area contributed by atoms with Gasteiger partial charge in [0.15, 0.2) is 0 Å². The molecule has 0 heterocycles. The van der Waals surface area contributed by atoms with E-state index < -0.39 is 6.03 Å². The van der Waals surface area contributed by atoms with E-state index in [0.29, 0.717) is 0 Å². The van der Waals surface area contributed by atoms with Crippen LogP contribution < -0.4 is 16.0 Å². The van der Waals surface area contributed by atoms with Gasteiger partial charge < -0.3 is 10.6 Å². The van der Waals surface area contributed by atoms with Gasteiger partial charge in [0.25, 0.3) is 0 Å². The van der Waals surface area contributed by atoms with Crippen molar-refractivity contribution in [2.45, 2.75) is 45.1 Å². The molecule has 0 spiro atoms. The summed E-state index contributed by atoms with van der Waals surface area (Å²) in [4.78, 5) is 22.5. The molecular formula is C13H23N3O2. The minimum Gasteiger partial charge on any atom is -0.341 e. The highest BCUT2D eigenvalue weighted by atomic mass is 16.2.